The van der Waals surface area contributed by atoms with Crippen molar-refractivity contribution < 1.29 is 9.59 Å². The first-order valence-corrected chi connectivity index (χ1v) is 8.37. The van der Waals surface area contributed by atoms with Crippen LogP contribution in [0.3, 0.4) is 0 Å². The summed E-state index contributed by atoms with van der Waals surface area (Å²) in [5, 5.41) is 4.73. The highest BCUT2D eigenvalue weighted by Crippen LogP contribution is 2.06. The Hall–Kier alpha value is -2.84. The maximum Gasteiger partial charge on any atom is 0.257 e. The molecule has 136 valence electrons. The van der Waals surface area contributed by atoms with Crippen LogP contribution >= 0.6 is 24.4 Å². The van der Waals surface area contributed by atoms with Gasteiger partial charge in [0.1, 0.15) is 0 Å². The monoisotopic (exact) mass is 388 g/mol. The van der Waals surface area contributed by atoms with Crippen LogP contribution in [0.2, 0.25) is 0 Å². The summed E-state index contributed by atoms with van der Waals surface area (Å²) in [6, 6.07) is 14.5. The van der Waals surface area contributed by atoms with E-state index in [0.717, 1.165) is 11.1 Å². The number of hydrogen-bond donors (Lipinski definition) is 4. The lowest BCUT2D eigenvalue weighted by Crippen LogP contribution is -2.35. The molecule has 0 aliphatic rings. The van der Waals surface area contributed by atoms with Crippen LogP contribution in [0.15, 0.2) is 48.5 Å². The van der Waals surface area contributed by atoms with Crippen LogP contribution in [0.4, 0.5) is 0 Å². The van der Waals surface area contributed by atoms with Gasteiger partial charge in [0.05, 0.1) is 0 Å². The highest BCUT2D eigenvalue weighted by atomic mass is 32.1. The average Bonchev–Trinajstić information content (AvgIpc) is 2.55. The number of amides is 2. The lowest BCUT2D eigenvalue weighted by atomic mass is 10.1. The van der Waals surface area contributed by atoms with Gasteiger partial charge in [-0.1, -0.05) is 36.4 Å². The summed E-state index contributed by atoms with van der Waals surface area (Å²) in [6.07, 6.45) is 0. The van der Waals surface area contributed by atoms with Crippen LogP contribution in [-0.2, 0) is 0 Å². The van der Waals surface area contributed by atoms with Crippen LogP contribution in [0.1, 0.15) is 31.8 Å². The van der Waals surface area contributed by atoms with Crippen molar-refractivity contribution >= 4 is 46.5 Å². The van der Waals surface area contributed by atoms with Gasteiger partial charge < -0.3 is 11.5 Å². The second kappa shape index (κ2) is 10.2. The fraction of sp³-hybridized carbons (Fsp3) is 0.111. The Balaban J connectivity index is 0.000000260. The third-order valence-corrected chi connectivity index (χ3v) is 3.46. The molecule has 26 heavy (non-hydrogen) atoms. The molecule has 0 atom stereocenters. The third kappa shape index (κ3) is 6.96. The Kier molecular flexibility index (Phi) is 8.33. The summed E-state index contributed by atoms with van der Waals surface area (Å²) in [6.45, 7) is 3.71. The van der Waals surface area contributed by atoms with Crippen molar-refractivity contribution in [2.24, 2.45) is 11.5 Å². The van der Waals surface area contributed by atoms with E-state index in [1.807, 2.05) is 38.1 Å². The molecule has 8 heteroatoms. The Labute approximate surface area is 163 Å². The Morgan fingerprint density at radius 2 is 1.04 bits per heavy atom. The summed E-state index contributed by atoms with van der Waals surface area (Å²) in [4.78, 5) is 22.8. The van der Waals surface area contributed by atoms with E-state index in [4.69, 9.17) is 11.5 Å². The SMILES string of the molecule is Cc1ccccc1C(=O)NC(N)=S.Cc1ccccc1C(=O)NC(N)=S. The van der Waals surface area contributed by atoms with Gasteiger partial charge in [0.15, 0.2) is 10.2 Å². The molecular weight excluding hydrogens is 368 g/mol. The standard InChI is InChI=1S/2C9H10N2OS/c2*1-6-4-2-3-5-7(6)8(12)11-9(10)13/h2*2-5H,1H3,(H3,10,11,12,13). The number of nitrogens with one attached hydrogen (secondary N) is 2. The van der Waals surface area contributed by atoms with Crippen molar-refractivity contribution in [1.29, 1.82) is 0 Å². The van der Waals surface area contributed by atoms with E-state index in [1.54, 1.807) is 24.3 Å². The fourth-order valence-electron chi connectivity index (χ4n) is 2.01. The van der Waals surface area contributed by atoms with Crippen LogP contribution in [-0.4, -0.2) is 22.0 Å². The number of benzene rings is 2. The van der Waals surface area contributed by atoms with Crippen LogP contribution < -0.4 is 22.1 Å². The molecular formula is C18H20N4O2S2. The van der Waals surface area contributed by atoms with Gasteiger partial charge in [0, 0.05) is 11.1 Å². The molecule has 0 unspecified atom stereocenters. The first-order chi connectivity index (χ1) is 12.2. The third-order valence-electron chi connectivity index (χ3n) is 3.25. The second-order valence-corrected chi connectivity index (χ2v) is 6.15. The minimum absolute atomic E-state index is 0.00625. The van der Waals surface area contributed by atoms with E-state index in [2.05, 4.69) is 35.1 Å². The molecule has 0 bridgehead atoms. The number of carbonyl (C=O) groups is 2. The zero-order chi connectivity index (χ0) is 19.7. The van der Waals surface area contributed by atoms with Crippen LogP contribution in [0.5, 0.6) is 0 Å². The molecule has 0 saturated carbocycles. The van der Waals surface area contributed by atoms with E-state index in [0.29, 0.717) is 11.1 Å². The Bertz CT molecular complexity index is 768. The number of aryl methyl sites for hydroxylation is 2. The quantitative estimate of drug-likeness (QED) is 0.585. The first-order valence-electron chi connectivity index (χ1n) is 7.55. The van der Waals surface area contributed by atoms with Gasteiger partial charge >= 0.3 is 0 Å². The summed E-state index contributed by atoms with van der Waals surface area (Å²) in [7, 11) is 0. The first kappa shape index (κ1) is 21.2. The number of thiocarbonyl (C=S) groups is 2. The van der Waals surface area contributed by atoms with Gasteiger partial charge in [-0.3, -0.25) is 20.2 Å². The average molecular weight is 389 g/mol. The molecule has 2 amide bonds. The predicted octanol–water partition coefficient (Wildman–Crippen LogP) is 1.94. The Morgan fingerprint density at radius 1 is 0.731 bits per heavy atom. The van der Waals surface area contributed by atoms with Gasteiger partial charge in [-0.2, -0.15) is 0 Å². The van der Waals surface area contributed by atoms with Crippen molar-refractivity contribution in [1.82, 2.24) is 10.6 Å². The molecule has 2 aromatic rings. The molecule has 0 saturated heterocycles. The lowest BCUT2D eigenvalue weighted by molar-refractivity contribution is 0.0968. The predicted molar refractivity (Wildman–Crippen MR) is 111 cm³/mol. The molecule has 6 N–H and O–H groups in total. The van der Waals surface area contributed by atoms with Gasteiger partial charge in [0.25, 0.3) is 11.8 Å². The number of nitrogens with two attached hydrogens (primary N) is 2. The van der Waals surface area contributed by atoms with Crippen LogP contribution in [0.25, 0.3) is 0 Å². The zero-order valence-corrected chi connectivity index (χ0v) is 16.0. The van der Waals surface area contributed by atoms with Gasteiger partial charge in [-0.05, 0) is 61.5 Å². The lowest BCUT2D eigenvalue weighted by Gasteiger charge is -2.04. The number of carbonyl (C=O) groups excluding carboxylic acids is 2. The molecule has 0 heterocycles. The van der Waals surface area contributed by atoms with Crippen molar-refractivity contribution in [3.05, 3.63) is 70.8 Å². The van der Waals surface area contributed by atoms with Gasteiger partial charge in [0.2, 0.25) is 0 Å². The summed E-state index contributed by atoms with van der Waals surface area (Å²) in [5.74, 6) is -0.517. The van der Waals surface area contributed by atoms with E-state index >= 15 is 0 Å². The summed E-state index contributed by atoms with van der Waals surface area (Å²) in [5.41, 5.74) is 13.3. The molecule has 0 aliphatic carbocycles. The molecule has 6 nitrogen and oxygen atoms in total. The Morgan fingerprint density at radius 3 is 1.31 bits per heavy atom. The molecule has 0 fully saturated rings. The minimum Gasteiger partial charge on any atom is -0.376 e. The largest absolute Gasteiger partial charge is 0.376 e. The highest BCUT2D eigenvalue weighted by molar-refractivity contribution is 7.80. The van der Waals surface area contributed by atoms with Crippen LogP contribution in [0, 0.1) is 13.8 Å². The van der Waals surface area contributed by atoms with Gasteiger partial charge in [-0.15, -0.1) is 0 Å². The minimum atomic E-state index is -0.259. The summed E-state index contributed by atoms with van der Waals surface area (Å²) >= 11 is 9.12. The fourth-order valence-corrected chi connectivity index (χ4v) is 2.20. The second-order valence-electron chi connectivity index (χ2n) is 5.27. The molecule has 0 spiro atoms. The van der Waals surface area contributed by atoms with E-state index in [1.165, 1.54) is 0 Å². The maximum absolute atomic E-state index is 11.4. The maximum atomic E-state index is 11.4. The molecule has 2 aromatic carbocycles. The van der Waals surface area contributed by atoms with Crippen molar-refractivity contribution in [2.75, 3.05) is 0 Å². The van der Waals surface area contributed by atoms with E-state index < -0.39 is 0 Å². The normalized spacial score (nSPS) is 9.31. The zero-order valence-electron chi connectivity index (χ0n) is 14.4. The smallest absolute Gasteiger partial charge is 0.257 e. The highest BCUT2D eigenvalue weighted by Gasteiger charge is 2.08. The van der Waals surface area contributed by atoms with Crippen molar-refractivity contribution in [2.45, 2.75) is 13.8 Å². The molecule has 0 radical (unpaired) electrons. The topological polar surface area (TPSA) is 110 Å². The molecule has 2 rings (SSSR count). The molecule has 0 aromatic heterocycles. The number of rotatable bonds is 2. The van der Waals surface area contributed by atoms with Gasteiger partial charge in [-0.25, -0.2) is 0 Å². The van der Waals surface area contributed by atoms with E-state index in [9.17, 15) is 9.59 Å². The van der Waals surface area contributed by atoms with Crippen molar-refractivity contribution in [3.63, 3.8) is 0 Å². The summed E-state index contributed by atoms with van der Waals surface area (Å²) < 4.78 is 0. The number of hydrogen-bond acceptors (Lipinski definition) is 4. The van der Waals surface area contributed by atoms with E-state index in [-0.39, 0.29) is 22.0 Å². The molecule has 0 aliphatic heterocycles. The van der Waals surface area contributed by atoms with Crippen molar-refractivity contribution in [3.8, 4) is 0 Å².